The van der Waals surface area contributed by atoms with Crippen molar-refractivity contribution < 1.29 is 9.53 Å². The first-order valence-electron chi connectivity index (χ1n) is 7.95. The molecule has 1 amide bonds. The zero-order valence-electron chi connectivity index (χ0n) is 13.5. The molecule has 4 nitrogen and oxygen atoms in total. The minimum absolute atomic E-state index is 0.0942. The molecule has 23 heavy (non-hydrogen) atoms. The Labute approximate surface area is 137 Å². The van der Waals surface area contributed by atoms with Gasteiger partial charge in [-0.2, -0.15) is 0 Å². The van der Waals surface area contributed by atoms with Crippen LogP contribution in [0.3, 0.4) is 0 Å². The van der Waals surface area contributed by atoms with Crippen LogP contribution in [0.5, 0.6) is 5.75 Å². The molecule has 0 fully saturated rings. The van der Waals surface area contributed by atoms with E-state index in [-0.39, 0.29) is 5.91 Å². The number of hydrogen-bond acceptors (Lipinski definition) is 3. The van der Waals surface area contributed by atoms with E-state index in [1.54, 1.807) is 0 Å². The van der Waals surface area contributed by atoms with Gasteiger partial charge in [-0.3, -0.25) is 4.79 Å². The van der Waals surface area contributed by atoms with Crippen molar-refractivity contribution in [2.75, 3.05) is 13.6 Å². The first-order valence-corrected chi connectivity index (χ1v) is 7.95. The van der Waals surface area contributed by atoms with Crippen LogP contribution >= 0.6 is 0 Å². The fraction of sp³-hybridized carbons (Fsp3) is 0.316. The van der Waals surface area contributed by atoms with Crippen LogP contribution in [0, 0.1) is 0 Å². The van der Waals surface area contributed by atoms with Crippen LogP contribution in [0.15, 0.2) is 54.6 Å². The molecular formula is C19H24N2O2. The predicted octanol–water partition coefficient (Wildman–Crippen LogP) is 2.88. The smallest absolute Gasteiger partial charge is 0.220 e. The number of carbonyl (C=O) groups excluding carboxylic acids is 1. The molecule has 122 valence electrons. The van der Waals surface area contributed by atoms with Crippen LogP contribution in [0.2, 0.25) is 0 Å². The van der Waals surface area contributed by atoms with Gasteiger partial charge in [0.25, 0.3) is 0 Å². The van der Waals surface area contributed by atoms with Crippen molar-refractivity contribution in [2.45, 2.75) is 26.0 Å². The van der Waals surface area contributed by atoms with E-state index < -0.39 is 0 Å². The molecule has 0 aliphatic heterocycles. The van der Waals surface area contributed by atoms with Gasteiger partial charge in [0.2, 0.25) is 5.91 Å². The van der Waals surface area contributed by atoms with Crippen molar-refractivity contribution in [2.24, 2.45) is 0 Å². The second kappa shape index (κ2) is 9.64. The van der Waals surface area contributed by atoms with Crippen molar-refractivity contribution >= 4 is 5.91 Å². The standard InChI is InChI=1S/C19H24N2O2/c1-20-13-5-8-19(22)21-14-16-9-11-17(12-10-16)15-23-18-6-3-2-4-7-18/h2-4,6-7,9-12,20H,5,8,13-15H2,1H3,(H,21,22). The van der Waals surface area contributed by atoms with Crippen molar-refractivity contribution in [1.82, 2.24) is 10.6 Å². The SMILES string of the molecule is CNCCCC(=O)NCc1ccc(COc2ccccc2)cc1. The average molecular weight is 312 g/mol. The molecular weight excluding hydrogens is 288 g/mol. The molecule has 0 bridgehead atoms. The molecule has 0 atom stereocenters. The van der Waals surface area contributed by atoms with E-state index in [9.17, 15) is 4.79 Å². The van der Waals surface area contributed by atoms with E-state index in [1.165, 1.54) is 0 Å². The van der Waals surface area contributed by atoms with Gasteiger partial charge in [0.15, 0.2) is 0 Å². The summed E-state index contributed by atoms with van der Waals surface area (Å²) < 4.78 is 5.71. The number of ether oxygens (including phenoxy) is 1. The van der Waals surface area contributed by atoms with Crippen LogP contribution in [0.25, 0.3) is 0 Å². The highest BCUT2D eigenvalue weighted by Crippen LogP contribution is 2.12. The lowest BCUT2D eigenvalue weighted by atomic mass is 10.1. The highest BCUT2D eigenvalue weighted by Gasteiger charge is 2.01. The molecule has 0 aromatic heterocycles. The zero-order valence-corrected chi connectivity index (χ0v) is 13.5. The molecule has 2 N–H and O–H groups in total. The lowest BCUT2D eigenvalue weighted by Gasteiger charge is -2.08. The summed E-state index contributed by atoms with van der Waals surface area (Å²) >= 11 is 0. The summed E-state index contributed by atoms with van der Waals surface area (Å²) in [6.45, 7) is 1.97. The van der Waals surface area contributed by atoms with E-state index in [0.29, 0.717) is 19.6 Å². The number of amides is 1. The number of nitrogens with one attached hydrogen (secondary N) is 2. The Hall–Kier alpha value is -2.33. The molecule has 2 aromatic carbocycles. The Kier molecular flexibility index (Phi) is 7.14. The van der Waals surface area contributed by atoms with E-state index in [4.69, 9.17) is 4.74 Å². The number of carbonyl (C=O) groups is 1. The largest absolute Gasteiger partial charge is 0.489 e. The van der Waals surface area contributed by atoms with Gasteiger partial charge in [-0.25, -0.2) is 0 Å². The average Bonchev–Trinajstić information content (AvgIpc) is 2.60. The second-order valence-electron chi connectivity index (χ2n) is 5.40. The van der Waals surface area contributed by atoms with E-state index in [2.05, 4.69) is 10.6 Å². The molecule has 4 heteroatoms. The topological polar surface area (TPSA) is 50.4 Å². The maximum Gasteiger partial charge on any atom is 0.220 e. The highest BCUT2D eigenvalue weighted by atomic mass is 16.5. The minimum Gasteiger partial charge on any atom is -0.489 e. The summed E-state index contributed by atoms with van der Waals surface area (Å²) in [5.74, 6) is 0.960. The summed E-state index contributed by atoms with van der Waals surface area (Å²) in [4.78, 5) is 11.7. The van der Waals surface area contributed by atoms with Crippen LogP contribution < -0.4 is 15.4 Å². The second-order valence-corrected chi connectivity index (χ2v) is 5.40. The quantitative estimate of drug-likeness (QED) is 0.700. The third-order valence-electron chi connectivity index (χ3n) is 3.49. The Bertz CT molecular complexity index is 582. The molecule has 0 aliphatic rings. The van der Waals surface area contributed by atoms with Crippen LogP contribution in [-0.2, 0) is 17.9 Å². The predicted molar refractivity (Wildman–Crippen MR) is 92.2 cm³/mol. The number of hydrogen-bond donors (Lipinski definition) is 2. The Balaban J connectivity index is 1.72. The Morgan fingerprint density at radius 3 is 2.39 bits per heavy atom. The van der Waals surface area contributed by atoms with Gasteiger partial charge >= 0.3 is 0 Å². The monoisotopic (exact) mass is 312 g/mol. The molecule has 0 spiro atoms. The fourth-order valence-electron chi connectivity index (χ4n) is 2.15. The molecule has 0 radical (unpaired) electrons. The Morgan fingerprint density at radius 1 is 1.00 bits per heavy atom. The maximum absolute atomic E-state index is 11.7. The summed E-state index contributed by atoms with van der Waals surface area (Å²) in [5.41, 5.74) is 2.20. The van der Waals surface area contributed by atoms with Crippen molar-refractivity contribution in [1.29, 1.82) is 0 Å². The summed E-state index contributed by atoms with van der Waals surface area (Å²) in [7, 11) is 1.89. The fourth-order valence-corrected chi connectivity index (χ4v) is 2.15. The van der Waals surface area contributed by atoms with Gasteiger partial charge in [0, 0.05) is 13.0 Å². The number of benzene rings is 2. The third kappa shape index (κ3) is 6.53. The Morgan fingerprint density at radius 2 is 1.70 bits per heavy atom. The van der Waals surface area contributed by atoms with Crippen molar-refractivity contribution in [3.63, 3.8) is 0 Å². The number of para-hydroxylation sites is 1. The number of rotatable bonds is 9. The first kappa shape index (κ1) is 17.0. The minimum atomic E-state index is 0.0942. The van der Waals surface area contributed by atoms with Crippen molar-refractivity contribution in [3.05, 3.63) is 65.7 Å². The maximum atomic E-state index is 11.7. The third-order valence-corrected chi connectivity index (χ3v) is 3.49. The van der Waals surface area contributed by atoms with Gasteiger partial charge in [-0.05, 0) is 43.3 Å². The molecule has 2 rings (SSSR count). The molecule has 0 saturated heterocycles. The molecule has 2 aromatic rings. The summed E-state index contributed by atoms with van der Waals surface area (Å²) in [6.07, 6.45) is 1.42. The molecule has 0 aliphatic carbocycles. The lowest BCUT2D eigenvalue weighted by Crippen LogP contribution is -2.23. The van der Waals surface area contributed by atoms with Gasteiger partial charge in [-0.1, -0.05) is 42.5 Å². The molecule has 0 unspecified atom stereocenters. The molecule has 0 saturated carbocycles. The van der Waals surface area contributed by atoms with Gasteiger partial charge in [0.05, 0.1) is 0 Å². The van der Waals surface area contributed by atoms with Gasteiger partial charge in [-0.15, -0.1) is 0 Å². The summed E-state index contributed by atoms with van der Waals surface area (Å²) in [5, 5.41) is 5.97. The van der Waals surface area contributed by atoms with E-state index in [0.717, 1.165) is 29.8 Å². The lowest BCUT2D eigenvalue weighted by molar-refractivity contribution is -0.121. The highest BCUT2D eigenvalue weighted by molar-refractivity contribution is 5.75. The normalized spacial score (nSPS) is 10.3. The zero-order chi connectivity index (χ0) is 16.3. The first-order chi connectivity index (χ1) is 11.3. The summed E-state index contributed by atoms with van der Waals surface area (Å²) in [6, 6.07) is 17.9. The van der Waals surface area contributed by atoms with Crippen LogP contribution in [0.4, 0.5) is 0 Å². The van der Waals surface area contributed by atoms with Gasteiger partial charge < -0.3 is 15.4 Å². The molecule has 0 heterocycles. The van der Waals surface area contributed by atoms with Crippen molar-refractivity contribution in [3.8, 4) is 5.75 Å². The van der Waals surface area contributed by atoms with E-state index >= 15 is 0 Å². The van der Waals surface area contributed by atoms with Crippen LogP contribution in [0.1, 0.15) is 24.0 Å². The van der Waals surface area contributed by atoms with E-state index in [1.807, 2.05) is 61.6 Å². The van der Waals surface area contributed by atoms with Crippen LogP contribution in [-0.4, -0.2) is 19.5 Å². The van der Waals surface area contributed by atoms with Gasteiger partial charge in [0.1, 0.15) is 12.4 Å².